The van der Waals surface area contributed by atoms with Crippen molar-refractivity contribution in [3.05, 3.63) is 68.2 Å². The van der Waals surface area contributed by atoms with Gasteiger partial charge in [-0.2, -0.15) is 0 Å². The molecule has 4 rings (SSSR count). The third-order valence-electron chi connectivity index (χ3n) is 4.78. The van der Waals surface area contributed by atoms with E-state index in [-0.39, 0.29) is 29.0 Å². The summed E-state index contributed by atoms with van der Waals surface area (Å²) in [6, 6.07) is 4.56. The molecule has 0 saturated carbocycles. The molecule has 0 spiro atoms. The summed E-state index contributed by atoms with van der Waals surface area (Å²) < 4.78 is 7.41. The minimum atomic E-state index is -0.456. The Balaban J connectivity index is 1.64. The second-order valence-corrected chi connectivity index (χ2v) is 7.67. The predicted molar refractivity (Wildman–Crippen MR) is 107 cm³/mol. The number of rotatable bonds is 5. The van der Waals surface area contributed by atoms with Gasteiger partial charge in [0.15, 0.2) is 5.82 Å². The quantitative estimate of drug-likeness (QED) is 0.360. The number of anilines is 1. The fourth-order valence-electron chi connectivity index (χ4n) is 3.33. The van der Waals surface area contributed by atoms with Crippen LogP contribution >= 0.6 is 11.3 Å². The summed E-state index contributed by atoms with van der Waals surface area (Å²) in [6.07, 6.45) is 2.94. The van der Waals surface area contributed by atoms with Gasteiger partial charge in [0.2, 0.25) is 5.78 Å². The normalized spacial score (nSPS) is 16.8. The molecule has 9 nitrogen and oxygen atoms in total. The molecule has 0 amide bonds. The van der Waals surface area contributed by atoms with Crippen molar-refractivity contribution in [2.24, 2.45) is 7.05 Å². The first-order valence-corrected chi connectivity index (χ1v) is 9.91. The van der Waals surface area contributed by atoms with Crippen molar-refractivity contribution in [3.63, 3.8) is 0 Å². The molecule has 0 N–H and O–H groups in total. The van der Waals surface area contributed by atoms with Crippen LogP contribution in [-0.4, -0.2) is 44.9 Å². The molecule has 1 aliphatic heterocycles. The number of hydrogen-bond donors (Lipinski definition) is 0. The number of aromatic nitrogens is 3. The van der Waals surface area contributed by atoms with Crippen LogP contribution in [0.3, 0.4) is 0 Å². The molecule has 1 unspecified atom stereocenters. The van der Waals surface area contributed by atoms with Crippen LogP contribution in [0.4, 0.5) is 11.4 Å². The fraction of sp³-hybridized carbons (Fsp3) is 0.316. The van der Waals surface area contributed by atoms with Gasteiger partial charge in [-0.3, -0.25) is 14.9 Å². The molecule has 1 saturated heterocycles. The highest BCUT2D eigenvalue weighted by atomic mass is 32.1. The molecular formula is C19H19N5O4S. The Morgan fingerprint density at radius 3 is 2.90 bits per heavy atom. The summed E-state index contributed by atoms with van der Waals surface area (Å²) in [5.41, 5.74) is 1.51. The molecule has 0 radical (unpaired) electrons. The lowest BCUT2D eigenvalue weighted by Crippen LogP contribution is -2.38. The molecule has 0 bridgehead atoms. The zero-order chi connectivity index (χ0) is 20.5. The van der Waals surface area contributed by atoms with Crippen molar-refractivity contribution in [3.8, 4) is 0 Å². The van der Waals surface area contributed by atoms with E-state index in [0.29, 0.717) is 25.4 Å². The molecule has 1 atom stereocenters. The van der Waals surface area contributed by atoms with Gasteiger partial charge in [0, 0.05) is 48.7 Å². The molecule has 1 aromatic carbocycles. The number of carbonyl (C=O) groups excluding carboxylic acids is 1. The van der Waals surface area contributed by atoms with Crippen molar-refractivity contribution in [1.29, 1.82) is 0 Å². The summed E-state index contributed by atoms with van der Waals surface area (Å²) in [5, 5.41) is 14.6. The average Bonchev–Trinajstić information content (AvgIpc) is 3.35. The summed E-state index contributed by atoms with van der Waals surface area (Å²) in [5.74, 6) is -0.122. The Labute approximate surface area is 170 Å². The highest BCUT2D eigenvalue weighted by Crippen LogP contribution is 2.34. The fourth-order valence-corrected chi connectivity index (χ4v) is 4.16. The second-order valence-electron chi connectivity index (χ2n) is 6.78. The molecule has 150 valence electrons. The van der Waals surface area contributed by atoms with Gasteiger partial charge >= 0.3 is 0 Å². The zero-order valence-electron chi connectivity index (χ0n) is 15.9. The summed E-state index contributed by atoms with van der Waals surface area (Å²) in [7, 11) is 1.71. The SMILES string of the molecule is Cc1csc(C2CN(c3ccc(C(=O)c4nccn4C)cc3[N+](=O)[O-])CCO2)n1. The van der Waals surface area contributed by atoms with Crippen LogP contribution in [-0.2, 0) is 11.8 Å². The molecule has 10 heteroatoms. The van der Waals surface area contributed by atoms with E-state index in [1.54, 1.807) is 29.9 Å². The van der Waals surface area contributed by atoms with Crippen LogP contribution in [0.15, 0.2) is 36.0 Å². The lowest BCUT2D eigenvalue weighted by Gasteiger charge is -2.33. The first-order chi connectivity index (χ1) is 13.9. The van der Waals surface area contributed by atoms with E-state index < -0.39 is 4.92 Å². The third-order valence-corrected chi connectivity index (χ3v) is 5.83. The predicted octanol–water partition coefficient (Wildman–Crippen LogP) is 2.90. The second kappa shape index (κ2) is 7.72. The zero-order valence-corrected chi connectivity index (χ0v) is 16.8. The molecule has 29 heavy (non-hydrogen) atoms. The van der Waals surface area contributed by atoms with Gasteiger partial charge < -0.3 is 14.2 Å². The van der Waals surface area contributed by atoms with E-state index in [1.807, 2.05) is 17.2 Å². The molecule has 3 aromatic rings. The molecular weight excluding hydrogens is 394 g/mol. The Bertz CT molecular complexity index is 1080. The molecule has 3 heterocycles. The Morgan fingerprint density at radius 2 is 2.24 bits per heavy atom. The van der Waals surface area contributed by atoms with Gasteiger partial charge in [-0.1, -0.05) is 0 Å². The van der Waals surface area contributed by atoms with E-state index in [2.05, 4.69) is 9.97 Å². The van der Waals surface area contributed by atoms with Crippen molar-refractivity contribution >= 4 is 28.5 Å². The third kappa shape index (κ3) is 3.76. The highest BCUT2D eigenvalue weighted by molar-refractivity contribution is 7.09. The Hall–Kier alpha value is -3.11. The first-order valence-electron chi connectivity index (χ1n) is 9.03. The van der Waals surface area contributed by atoms with Crippen LogP contribution < -0.4 is 4.90 Å². The summed E-state index contributed by atoms with van der Waals surface area (Å²) in [6.45, 7) is 3.34. The molecule has 2 aromatic heterocycles. The monoisotopic (exact) mass is 413 g/mol. The number of hydrogen-bond acceptors (Lipinski definition) is 8. The van der Waals surface area contributed by atoms with Gasteiger partial charge in [-0.05, 0) is 19.1 Å². The molecule has 1 aliphatic rings. The maximum Gasteiger partial charge on any atom is 0.293 e. The van der Waals surface area contributed by atoms with Crippen molar-refractivity contribution in [2.45, 2.75) is 13.0 Å². The maximum atomic E-state index is 12.7. The maximum absolute atomic E-state index is 12.7. The number of benzene rings is 1. The van der Waals surface area contributed by atoms with Gasteiger partial charge in [-0.15, -0.1) is 11.3 Å². The minimum absolute atomic E-state index is 0.110. The number of imidazole rings is 1. The van der Waals surface area contributed by atoms with Gasteiger partial charge in [0.05, 0.1) is 18.1 Å². The lowest BCUT2D eigenvalue weighted by molar-refractivity contribution is -0.384. The van der Waals surface area contributed by atoms with E-state index in [1.165, 1.54) is 23.6 Å². The highest BCUT2D eigenvalue weighted by Gasteiger charge is 2.29. The van der Waals surface area contributed by atoms with Gasteiger partial charge in [0.1, 0.15) is 16.8 Å². The van der Waals surface area contributed by atoms with Crippen molar-refractivity contribution in [2.75, 3.05) is 24.6 Å². The van der Waals surface area contributed by atoms with Crippen LogP contribution in [0.5, 0.6) is 0 Å². The number of nitro benzene ring substituents is 1. The van der Waals surface area contributed by atoms with E-state index in [0.717, 1.165) is 10.7 Å². The van der Waals surface area contributed by atoms with Crippen LogP contribution in [0.1, 0.15) is 33.0 Å². The summed E-state index contributed by atoms with van der Waals surface area (Å²) in [4.78, 5) is 34.4. The van der Waals surface area contributed by atoms with Gasteiger partial charge in [-0.25, -0.2) is 9.97 Å². The van der Waals surface area contributed by atoms with Crippen LogP contribution in [0, 0.1) is 17.0 Å². The minimum Gasteiger partial charge on any atom is -0.367 e. The van der Waals surface area contributed by atoms with Gasteiger partial charge in [0.25, 0.3) is 5.69 Å². The molecule has 0 aliphatic carbocycles. The first kappa shape index (κ1) is 19.2. The largest absolute Gasteiger partial charge is 0.367 e. The number of thiazole rings is 1. The number of morpholine rings is 1. The van der Waals surface area contributed by atoms with Crippen LogP contribution in [0.25, 0.3) is 0 Å². The van der Waals surface area contributed by atoms with Crippen molar-refractivity contribution < 1.29 is 14.5 Å². The summed E-state index contributed by atoms with van der Waals surface area (Å²) >= 11 is 1.52. The van der Waals surface area contributed by atoms with E-state index >= 15 is 0 Å². The number of ketones is 1. The number of carbonyl (C=O) groups is 1. The Morgan fingerprint density at radius 1 is 1.41 bits per heavy atom. The molecule has 1 fully saturated rings. The number of nitro groups is 1. The standard InChI is InChI=1S/C19H19N5O4S/c1-12-11-29-19(21-12)16-10-23(7-8-28-16)14-4-3-13(9-15(14)24(26)27)17(25)18-20-5-6-22(18)2/h3-6,9,11,16H,7-8,10H2,1-2H3. The van der Waals surface area contributed by atoms with E-state index in [9.17, 15) is 14.9 Å². The Kier molecular flexibility index (Phi) is 5.12. The van der Waals surface area contributed by atoms with Crippen LogP contribution in [0.2, 0.25) is 0 Å². The van der Waals surface area contributed by atoms with Crippen molar-refractivity contribution in [1.82, 2.24) is 14.5 Å². The number of nitrogens with zero attached hydrogens (tertiary/aromatic N) is 5. The number of ether oxygens (including phenoxy) is 1. The smallest absolute Gasteiger partial charge is 0.293 e. The average molecular weight is 413 g/mol. The topological polar surface area (TPSA) is 103 Å². The van der Waals surface area contributed by atoms with E-state index in [4.69, 9.17) is 4.74 Å². The number of aryl methyl sites for hydroxylation is 2. The lowest BCUT2D eigenvalue weighted by atomic mass is 10.1.